The zero-order valence-corrected chi connectivity index (χ0v) is 9.58. The number of halogens is 1. The van der Waals surface area contributed by atoms with Crippen LogP contribution in [0.2, 0.25) is 0 Å². The molecule has 0 atom stereocenters. The summed E-state index contributed by atoms with van der Waals surface area (Å²) in [4.78, 5) is 15.5. The fraction of sp³-hybridized carbons (Fsp3) is 0.200. The molecule has 0 bridgehead atoms. The smallest absolute Gasteiger partial charge is 0.339 e. The molecule has 0 spiro atoms. The molecule has 2 rings (SSSR count). The summed E-state index contributed by atoms with van der Waals surface area (Å²) in [7, 11) is 0. The van der Waals surface area contributed by atoms with Crippen LogP contribution in [0.4, 0.5) is 0 Å². The molecule has 0 fully saturated rings. The first-order valence-corrected chi connectivity index (χ1v) is 5.21. The molecule has 2 aromatic rings. The minimum atomic E-state index is -0.389. The van der Waals surface area contributed by atoms with E-state index in [4.69, 9.17) is 9.15 Å². The number of carbonyl (C=O) groups excluding carboxylic acids is 1. The number of rotatable bonds is 2. The Labute approximate surface area is 94.4 Å². The van der Waals surface area contributed by atoms with Gasteiger partial charge in [0.1, 0.15) is 11.8 Å². The third-order valence-electron chi connectivity index (χ3n) is 1.88. The topological polar surface area (TPSA) is 52.3 Å². The van der Waals surface area contributed by atoms with Crippen molar-refractivity contribution in [1.29, 1.82) is 0 Å². The van der Waals surface area contributed by atoms with Crippen LogP contribution in [-0.2, 0) is 4.74 Å². The fourth-order valence-corrected chi connectivity index (χ4v) is 1.60. The number of aromatic nitrogens is 1. The third kappa shape index (κ3) is 1.87. The highest BCUT2D eigenvalue weighted by Crippen LogP contribution is 2.24. The van der Waals surface area contributed by atoms with Crippen LogP contribution < -0.4 is 0 Å². The number of ether oxygens (including phenoxy) is 1. The molecule has 0 aliphatic carbocycles. The van der Waals surface area contributed by atoms with Gasteiger partial charge < -0.3 is 9.15 Å². The fourth-order valence-electron chi connectivity index (χ4n) is 1.21. The van der Waals surface area contributed by atoms with E-state index in [1.54, 1.807) is 13.0 Å². The van der Waals surface area contributed by atoms with Crippen molar-refractivity contribution in [3.05, 3.63) is 28.6 Å². The van der Waals surface area contributed by atoms with Crippen LogP contribution in [0.15, 0.2) is 27.4 Å². The predicted molar refractivity (Wildman–Crippen MR) is 57.7 cm³/mol. The van der Waals surface area contributed by atoms with Gasteiger partial charge in [0, 0.05) is 6.20 Å². The second-order valence-electron chi connectivity index (χ2n) is 2.87. The highest BCUT2D eigenvalue weighted by molar-refractivity contribution is 9.10. The van der Waals surface area contributed by atoms with Gasteiger partial charge in [0.15, 0.2) is 5.58 Å². The monoisotopic (exact) mass is 269 g/mol. The van der Waals surface area contributed by atoms with E-state index in [0.717, 1.165) is 4.47 Å². The molecular weight excluding hydrogens is 262 g/mol. The lowest BCUT2D eigenvalue weighted by Gasteiger charge is -2.00. The first-order valence-electron chi connectivity index (χ1n) is 4.42. The van der Waals surface area contributed by atoms with Crippen molar-refractivity contribution in [3.63, 3.8) is 0 Å². The lowest BCUT2D eigenvalue weighted by atomic mass is 10.2. The number of hydrogen-bond donors (Lipinski definition) is 0. The average molecular weight is 270 g/mol. The molecule has 0 unspecified atom stereocenters. The first-order chi connectivity index (χ1) is 7.22. The van der Waals surface area contributed by atoms with E-state index in [-0.39, 0.29) is 5.97 Å². The molecule has 0 aliphatic rings. The van der Waals surface area contributed by atoms with Gasteiger partial charge in [-0.05, 0) is 28.9 Å². The molecule has 4 nitrogen and oxygen atoms in total. The Morgan fingerprint density at radius 3 is 3.20 bits per heavy atom. The summed E-state index contributed by atoms with van der Waals surface area (Å²) in [5.41, 5.74) is 1.65. The summed E-state index contributed by atoms with van der Waals surface area (Å²) in [5.74, 6) is -0.389. The number of nitrogens with zero attached hydrogens (tertiary/aromatic N) is 1. The quantitative estimate of drug-likeness (QED) is 0.787. The zero-order chi connectivity index (χ0) is 10.8. The van der Waals surface area contributed by atoms with Crippen LogP contribution in [0, 0.1) is 0 Å². The normalized spacial score (nSPS) is 10.5. The second-order valence-corrected chi connectivity index (χ2v) is 3.73. The number of hydrogen-bond acceptors (Lipinski definition) is 4. The van der Waals surface area contributed by atoms with Crippen molar-refractivity contribution in [2.45, 2.75) is 6.92 Å². The van der Waals surface area contributed by atoms with Crippen LogP contribution in [0.3, 0.4) is 0 Å². The van der Waals surface area contributed by atoms with Crippen LogP contribution in [0.5, 0.6) is 0 Å². The van der Waals surface area contributed by atoms with Gasteiger partial charge in [-0.1, -0.05) is 0 Å². The number of fused-ring (bicyclic) bond motifs is 1. The molecule has 15 heavy (non-hydrogen) atoms. The Morgan fingerprint density at radius 2 is 2.47 bits per heavy atom. The Hall–Kier alpha value is -1.36. The summed E-state index contributed by atoms with van der Waals surface area (Å²) in [6.45, 7) is 2.10. The Kier molecular flexibility index (Phi) is 2.73. The van der Waals surface area contributed by atoms with Crippen molar-refractivity contribution in [1.82, 2.24) is 4.98 Å². The maximum absolute atomic E-state index is 11.4. The maximum Gasteiger partial charge on any atom is 0.339 e. The van der Waals surface area contributed by atoms with E-state index in [0.29, 0.717) is 23.3 Å². The molecule has 2 aromatic heterocycles. The minimum Gasteiger partial charge on any atom is -0.462 e. The summed E-state index contributed by atoms with van der Waals surface area (Å²) >= 11 is 3.29. The zero-order valence-electron chi connectivity index (χ0n) is 7.99. The van der Waals surface area contributed by atoms with Gasteiger partial charge in [-0.2, -0.15) is 0 Å². The first kappa shape index (κ1) is 10.2. The third-order valence-corrected chi connectivity index (χ3v) is 2.44. The van der Waals surface area contributed by atoms with Gasteiger partial charge in [0.05, 0.1) is 16.6 Å². The van der Waals surface area contributed by atoms with E-state index in [9.17, 15) is 4.79 Å². The van der Waals surface area contributed by atoms with Gasteiger partial charge in [0.2, 0.25) is 0 Å². The Balaban J connectivity index is 2.43. The number of pyridine rings is 1. The predicted octanol–water partition coefficient (Wildman–Crippen LogP) is 2.77. The van der Waals surface area contributed by atoms with E-state index in [1.807, 2.05) is 0 Å². The molecule has 0 saturated heterocycles. The molecular formula is C10H8BrNO3. The Bertz CT molecular complexity index is 506. The lowest BCUT2D eigenvalue weighted by Crippen LogP contribution is -2.04. The minimum absolute atomic E-state index is 0.346. The average Bonchev–Trinajstić information content (AvgIpc) is 2.60. The maximum atomic E-state index is 11.4. The van der Waals surface area contributed by atoms with Gasteiger partial charge >= 0.3 is 5.97 Å². The Morgan fingerprint density at radius 1 is 1.67 bits per heavy atom. The molecule has 0 amide bonds. The van der Waals surface area contributed by atoms with Crippen LogP contribution >= 0.6 is 15.9 Å². The van der Waals surface area contributed by atoms with Crippen molar-refractivity contribution >= 4 is 33.0 Å². The molecule has 2 heterocycles. The van der Waals surface area contributed by atoms with Gasteiger partial charge in [0.25, 0.3) is 0 Å². The highest BCUT2D eigenvalue weighted by Gasteiger charge is 2.11. The largest absolute Gasteiger partial charge is 0.462 e. The van der Waals surface area contributed by atoms with E-state index in [1.165, 1.54) is 12.5 Å². The SMILES string of the molecule is CCOC(=O)c1cnc2c(Br)coc2c1. The molecule has 0 saturated carbocycles. The molecule has 0 radical (unpaired) electrons. The highest BCUT2D eigenvalue weighted by atomic mass is 79.9. The van der Waals surface area contributed by atoms with E-state index >= 15 is 0 Å². The summed E-state index contributed by atoms with van der Waals surface area (Å²) < 4.78 is 10.8. The number of esters is 1. The van der Waals surface area contributed by atoms with Crippen LogP contribution in [0.1, 0.15) is 17.3 Å². The van der Waals surface area contributed by atoms with Crippen LogP contribution in [0.25, 0.3) is 11.1 Å². The van der Waals surface area contributed by atoms with Gasteiger partial charge in [-0.25, -0.2) is 4.79 Å². The van der Waals surface area contributed by atoms with Crippen molar-refractivity contribution in [2.24, 2.45) is 0 Å². The van der Waals surface area contributed by atoms with Gasteiger partial charge in [-0.15, -0.1) is 0 Å². The summed E-state index contributed by atoms with van der Waals surface area (Å²) in [6.07, 6.45) is 3.01. The standard InChI is InChI=1S/C10H8BrNO3/c1-2-14-10(13)6-3-8-9(12-4-6)7(11)5-15-8/h3-5H,2H2,1H3. The number of carbonyl (C=O) groups is 1. The summed E-state index contributed by atoms with van der Waals surface area (Å²) in [5, 5.41) is 0. The second kappa shape index (κ2) is 4.02. The molecule has 0 aliphatic heterocycles. The van der Waals surface area contributed by atoms with Crippen LogP contribution in [-0.4, -0.2) is 17.6 Å². The van der Waals surface area contributed by atoms with E-state index < -0.39 is 0 Å². The van der Waals surface area contributed by atoms with E-state index in [2.05, 4.69) is 20.9 Å². The van der Waals surface area contributed by atoms with Crippen molar-refractivity contribution < 1.29 is 13.9 Å². The van der Waals surface area contributed by atoms with Gasteiger partial charge in [-0.3, -0.25) is 4.98 Å². The molecule has 78 valence electrons. The van der Waals surface area contributed by atoms with Crippen molar-refractivity contribution in [3.8, 4) is 0 Å². The molecule has 0 aromatic carbocycles. The lowest BCUT2D eigenvalue weighted by molar-refractivity contribution is 0.0526. The molecule has 5 heteroatoms. The molecule has 0 N–H and O–H groups in total. The summed E-state index contributed by atoms with van der Waals surface area (Å²) in [6, 6.07) is 1.62. The van der Waals surface area contributed by atoms with Crippen molar-refractivity contribution in [2.75, 3.05) is 6.61 Å². The number of furan rings is 1.